The Kier molecular flexibility index (Phi) is 6.19. The Balaban J connectivity index is 3.45. The predicted molar refractivity (Wildman–Crippen MR) is 94.3 cm³/mol. The van der Waals surface area contributed by atoms with E-state index in [-0.39, 0.29) is 17.3 Å². The summed E-state index contributed by atoms with van der Waals surface area (Å²) in [5, 5.41) is 12.2. The van der Waals surface area contributed by atoms with E-state index >= 15 is 0 Å². The molecule has 1 aromatic heterocycles. The van der Waals surface area contributed by atoms with Crippen LogP contribution in [0, 0.1) is 17.2 Å². The highest BCUT2D eigenvalue weighted by Crippen LogP contribution is 2.19. The minimum absolute atomic E-state index is 0.0201. The van der Waals surface area contributed by atoms with Gasteiger partial charge >= 0.3 is 11.7 Å². The van der Waals surface area contributed by atoms with E-state index in [9.17, 15) is 19.6 Å². The molecule has 0 fully saturated rings. The molecule has 2 atom stereocenters. The summed E-state index contributed by atoms with van der Waals surface area (Å²) in [5.74, 6) is -0.619. The molecule has 0 amide bonds. The van der Waals surface area contributed by atoms with Crippen molar-refractivity contribution < 1.29 is 9.53 Å². The van der Waals surface area contributed by atoms with Crippen LogP contribution < -0.4 is 16.6 Å². The third-order valence-corrected chi connectivity index (χ3v) is 3.94. The Morgan fingerprint density at radius 3 is 2.28 bits per heavy atom. The number of nitrogens with one attached hydrogen (secondary N) is 1. The van der Waals surface area contributed by atoms with Gasteiger partial charge in [-0.25, -0.2) is 9.59 Å². The van der Waals surface area contributed by atoms with Gasteiger partial charge in [0.2, 0.25) is 0 Å². The average molecular weight is 350 g/mol. The first kappa shape index (κ1) is 20.5. The number of anilines is 1. The fourth-order valence-corrected chi connectivity index (χ4v) is 2.30. The molecule has 0 aliphatic heterocycles. The summed E-state index contributed by atoms with van der Waals surface area (Å²) in [4.78, 5) is 36.9. The minimum atomic E-state index is -0.797. The van der Waals surface area contributed by atoms with Crippen LogP contribution in [0.25, 0.3) is 0 Å². The lowest BCUT2D eigenvalue weighted by Crippen LogP contribution is -2.45. The van der Waals surface area contributed by atoms with Crippen LogP contribution in [0.15, 0.2) is 9.59 Å². The minimum Gasteiger partial charge on any atom is -0.458 e. The Hall–Kier alpha value is -2.56. The second-order valence-corrected chi connectivity index (χ2v) is 7.08. The summed E-state index contributed by atoms with van der Waals surface area (Å²) < 4.78 is 7.45. The molecular formula is C17H26N4O4. The van der Waals surface area contributed by atoms with Crippen molar-refractivity contribution in [3.63, 3.8) is 0 Å². The lowest BCUT2D eigenvalue weighted by Gasteiger charge is -2.29. The van der Waals surface area contributed by atoms with Crippen molar-refractivity contribution in [1.29, 1.82) is 5.26 Å². The molecule has 25 heavy (non-hydrogen) atoms. The van der Waals surface area contributed by atoms with Gasteiger partial charge in [-0.05, 0) is 26.7 Å². The van der Waals surface area contributed by atoms with Crippen molar-refractivity contribution in [2.75, 3.05) is 5.32 Å². The van der Waals surface area contributed by atoms with Crippen LogP contribution in [0.1, 0.15) is 46.6 Å². The molecule has 138 valence electrons. The number of carbonyl (C=O) groups excluding carboxylic acids is 1. The van der Waals surface area contributed by atoms with Gasteiger partial charge in [0.1, 0.15) is 23.5 Å². The number of hydrogen-bond donors (Lipinski definition) is 1. The van der Waals surface area contributed by atoms with Crippen LogP contribution in [-0.2, 0) is 23.6 Å². The molecule has 0 spiro atoms. The van der Waals surface area contributed by atoms with Crippen LogP contribution in [-0.4, -0.2) is 26.7 Å². The van der Waals surface area contributed by atoms with Crippen molar-refractivity contribution in [2.45, 2.75) is 52.7 Å². The molecule has 0 aliphatic rings. The van der Waals surface area contributed by atoms with Crippen LogP contribution in [0.3, 0.4) is 0 Å². The second-order valence-electron chi connectivity index (χ2n) is 7.08. The van der Waals surface area contributed by atoms with Gasteiger partial charge in [-0.3, -0.25) is 13.9 Å². The molecule has 0 unspecified atom stereocenters. The molecule has 0 saturated heterocycles. The summed E-state index contributed by atoms with van der Waals surface area (Å²) in [6.45, 7) is 9.04. The van der Waals surface area contributed by atoms with Gasteiger partial charge in [0, 0.05) is 14.1 Å². The normalized spacial score (nSPS) is 13.7. The molecule has 8 nitrogen and oxygen atoms in total. The lowest BCUT2D eigenvalue weighted by atomic mass is 9.98. The molecule has 0 aromatic carbocycles. The zero-order chi connectivity index (χ0) is 19.5. The van der Waals surface area contributed by atoms with Crippen LogP contribution in [0.2, 0.25) is 0 Å². The molecule has 1 heterocycles. The second kappa shape index (κ2) is 7.55. The molecule has 0 saturated carbocycles. The zero-order valence-electron chi connectivity index (χ0n) is 15.8. The van der Waals surface area contributed by atoms with Gasteiger partial charge in [-0.1, -0.05) is 20.3 Å². The van der Waals surface area contributed by atoms with E-state index in [1.807, 2.05) is 19.9 Å². The maximum atomic E-state index is 12.6. The smallest absolute Gasteiger partial charge is 0.332 e. The molecule has 1 N–H and O–H groups in total. The molecule has 8 heteroatoms. The van der Waals surface area contributed by atoms with Crippen molar-refractivity contribution in [3.8, 4) is 6.07 Å². The number of aromatic nitrogens is 2. The van der Waals surface area contributed by atoms with Gasteiger partial charge in [0.15, 0.2) is 5.56 Å². The summed E-state index contributed by atoms with van der Waals surface area (Å²) in [6.07, 6.45) is 0.664. The van der Waals surface area contributed by atoms with Gasteiger partial charge < -0.3 is 10.1 Å². The molecule has 0 aliphatic carbocycles. The van der Waals surface area contributed by atoms with E-state index < -0.39 is 28.9 Å². The highest BCUT2D eigenvalue weighted by Gasteiger charge is 2.31. The zero-order valence-corrected chi connectivity index (χ0v) is 15.8. The Labute approximate surface area is 147 Å². The first-order valence-electron chi connectivity index (χ1n) is 8.14. The van der Waals surface area contributed by atoms with Crippen molar-refractivity contribution in [1.82, 2.24) is 9.13 Å². The van der Waals surface area contributed by atoms with E-state index in [1.54, 1.807) is 20.8 Å². The third kappa shape index (κ3) is 4.50. The fraction of sp³-hybridized carbons (Fsp3) is 0.647. The summed E-state index contributed by atoms with van der Waals surface area (Å²) >= 11 is 0. The summed E-state index contributed by atoms with van der Waals surface area (Å²) in [5.41, 5.74) is -2.19. The number of esters is 1. The van der Waals surface area contributed by atoms with Crippen molar-refractivity contribution in [2.24, 2.45) is 20.0 Å². The van der Waals surface area contributed by atoms with Crippen LogP contribution in [0.4, 0.5) is 5.82 Å². The number of ether oxygens (including phenoxy) is 1. The van der Waals surface area contributed by atoms with Crippen LogP contribution >= 0.6 is 0 Å². The molecule has 1 aromatic rings. The molecule has 1 rings (SSSR count). The third-order valence-electron chi connectivity index (χ3n) is 3.94. The first-order chi connectivity index (χ1) is 11.4. The number of carbonyl (C=O) groups is 1. The molecule has 0 bridgehead atoms. The average Bonchev–Trinajstić information content (AvgIpc) is 2.52. The highest BCUT2D eigenvalue weighted by molar-refractivity contribution is 5.80. The van der Waals surface area contributed by atoms with Gasteiger partial charge in [0.05, 0.1) is 0 Å². The van der Waals surface area contributed by atoms with E-state index in [0.29, 0.717) is 6.42 Å². The van der Waals surface area contributed by atoms with Crippen molar-refractivity contribution in [3.05, 3.63) is 26.4 Å². The van der Waals surface area contributed by atoms with Gasteiger partial charge in [-0.2, -0.15) is 5.26 Å². The number of hydrogen-bond acceptors (Lipinski definition) is 6. The van der Waals surface area contributed by atoms with E-state index in [2.05, 4.69) is 5.32 Å². The topological polar surface area (TPSA) is 106 Å². The highest BCUT2D eigenvalue weighted by atomic mass is 16.6. The van der Waals surface area contributed by atoms with E-state index in [0.717, 1.165) is 9.13 Å². The monoisotopic (exact) mass is 350 g/mol. The standard InChI is InChI=1S/C17H26N4O4/c1-8-10(2)12(15(23)25-17(3,4)5)19-13-11(9-18)14(22)21(7)16(24)20(13)6/h10,12,19H,8H2,1-7H3/t10-,12-/m0/s1. The van der Waals surface area contributed by atoms with E-state index in [1.165, 1.54) is 14.1 Å². The molecular weight excluding hydrogens is 324 g/mol. The predicted octanol–water partition coefficient (Wildman–Crippen LogP) is 1.12. The van der Waals surface area contributed by atoms with Crippen molar-refractivity contribution >= 4 is 11.8 Å². The number of rotatable bonds is 5. The number of nitriles is 1. The van der Waals surface area contributed by atoms with E-state index in [4.69, 9.17) is 4.74 Å². The summed E-state index contributed by atoms with van der Waals surface area (Å²) in [7, 11) is 2.74. The fourth-order valence-electron chi connectivity index (χ4n) is 2.30. The Bertz CT molecular complexity index is 808. The Morgan fingerprint density at radius 2 is 1.84 bits per heavy atom. The Morgan fingerprint density at radius 1 is 1.28 bits per heavy atom. The van der Waals surface area contributed by atoms with Gasteiger partial charge in [0.25, 0.3) is 5.56 Å². The largest absolute Gasteiger partial charge is 0.458 e. The number of nitrogens with zero attached hydrogens (tertiary/aromatic N) is 3. The lowest BCUT2D eigenvalue weighted by molar-refractivity contribution is -0.157. The van der Waals surface area contributed by atoms with Crippen LogP contribution in [0.5, 0.6) is 0 Å². The quantitative estimate of drug-likeness (QED) is 0.798. The molecule has 0 radical (unpaired) electrons. The van der Waals surface area contributed by atoms with Gasteiger partial charge in [-0.15, -0.1) is 0 Å². The summed E-state index contributed by atoms with van der Waals surface area (Å²) in [6, 6.07) is 1.02. The first-order valence-corrected chi connectivity index (χ1v) is 8.14. The maximum Gasteiger partial charge on any atom is 0.332 e. The maximum absolute atomic E-state index is 12.6. The SMILES string of the molecule is CC[C@H](C)[C@H](Nc1c(C#N)c(=O)n(C)c(=O)n1C)C(=O)OC(C)(C)C.